The van der Waals surface area contributed by atoms with Crippen LogP contribution >= 0.6 is 0 Å². The number of carbonyl (C=O) groups excluding carboxylic acids is 2. The Kier molecular flexibility index (Phi) is 6.44. The van der Waals surface area contributed by atoms with E-state index >= 15 is 0 Å². The number of rotatable bonds is 6. The summed E-state index contributed by atoms with van der Waals surface area (Å²) in [5, 5.41) is 3.03. The van der Waals surface area contributed by atoms with Crippen LogP contribution in [0.5, 0.6) is 0 Å². The summed E-state index contributed by atoms with van der Waals surface area (Å²) in [5.41, 5.74) is 0.457. The van der Waals surface area contributed by atoms with Gasteiger partial charge in [-0.1, -0.05) is 0 Å². The lowest BCUT2D eigenvalue weighted by molar-refractivity contribution is -0.126. The maximum absolute atomic E-state index is 12.3. The van der Waals surface area contributed by atoms with Gasteiger partial charge in [0.15, 0.2) is 0 Å². The van der Waals surface area contributed by atoms with Crippen LogP contribution in [0, 0.1) is 5.92 Å². The molecule has 3 heterocycles. The van der Waals surface area contributed by atoms with Gasteiger partial charge in [0.25, 0.3) is 0 Å². The van der Waals surface area contributed by atoms with Crippen molar-refractivity contribution in [3.8, 4) is 0 Å². The number of hydrogen-bond acceptors (Lipinski definition) is 6. The van der Waals surface area contributed by atoms with Crippen LogP contribution in [-0.2, 0) is 14.3 Å². The molecule has 2 aliphatic heterocycles. The van der Waals surface area contributed by atoms with Crippen molar-refractivity contribution >= 4 is 17.7 Å². The van der Waals surface area contributed by atoms with Crippen molar-refractivity contribution in [3.63, 3.8) is 0 Å². The van der Waals surface area contributed by atoms with Gasteiger partial charge in [-0.15, -0.1) is 0 Å². The number of hydrogen-bond donors (Lipinski definition) is 1. The van der Waals surface area contributed by atoms with E-state index < -0.39 is 0 Å². The Balaban J connectivity index is 1.45. The Hall–Kier alpha value is -2.15. The van der Waals surface area contributed by atoms with Crippen molar-refractivity contribution in [2.24, 2.45) is 5.92 Å². The highest BCUT2D eigenvalue weighted by atomic mass is 16.5. The number of anilines is 1. The Morgan fingerprint density at radius 2 is 2.12 bits per heavy atom. The second-order valence-electron chi connectivity index (χ2n) is 6.77. The van der Waals surface area contributed by atoms with Crippen LogP contribution in [0.2, 0.25) is 0 Å². The number of esters is 1. The van der Waals surface area contributed by atoms with Crippen molar-refractivity contribution in [3.05, 3.63) is 23.9 Å². The molecule has 1 atom stereocenters. The molecular formula is C19H27N3O4. The lowest BCUT2D eigenvalue weighted by Gasteiger charge is -2.32. The number of amides is 1. The number of nitrogens with zero attached hydrogens (tertiary/aromatic N) is 2. The molecule has 1 aromatic heterocycles. The van der Waals surface area contributed by atoms with E-state index in [1.54, 1.807) is 19.2 Å². The molecule has 3 rings (SSSR count). The minimum absolute atomic E-state index is 0.0476. The summed E-state index contributed by atoms with van der Waals surface area (Å²) in [6.45, 7) is 5.12. The number of piperidine rings is 1. The first-order valence-electron chi connectivity index (χ1n) is 9.44. The van der Waals surface area contributed by atoms with Crippen molar-refractivity contribution < 1.29 is 19.1 Å². The number of ether oxygens (including phenoxy) is 2. The van der Waals surface area contributed by atoms with Crippen LogP contribution < -0.4 is 10.2 Å². The molecule has 0 radical (unpaired) electrons. The number of aromatic nitrogens is 1. The first-order valence-corrected chi connectivity index (χ1v) is 9.44. The molecule has 26 heavy (non-hydrogen) atoms. The molecule has 7 nitrogen and oxygen atoms in total. The van der Waals surface area contributed by atoms with E-state index in [9.17, 15) is 9.59 Å². The molecule has 1 N–H and O–H groups in total. The van der Waals surface area contributed by atoms with E-state index in [2.05, 4.69) is 15.2 Å². The average molecular weight is 361 g/mol. The molecule has 1 unspecified atom stereocenters. The van der Waals surface area contributed by atoms with Crippen LogP contribution in [0.4, 0.5) is 5.82 Å². The fourth-order valence-electron chi connectivity index (χ4n) is 3.44. The standard InChI is InChI=1S/C19H27N3O4/c1-2-25-19(24)15-5-6-17(20-12-15)22-9-7-14(8-10-22)18(23)21-13-16-4-3-11-26-16/h5-6,12,14,16H,2-4,7-11,13H2,1H3,(H,21,23). The molecule has 2 aliphatic rings. The van der Waals surface area contributed by atoms with Crippen molar-refractivity contribution in [2.45, 2.75) is 38.7 Å². The Morgan fingerprint density at radius 3 is 2.73 bits per heavy atom. The molecule has 0 saturated carbocycles. The summed E-state index contributed by atoms with van der Waals surface area (Å²) in [7, 11) is 0. The molecule has 0 spiro atoms. The van der Waals surface area contributed by atoms with Crippen LogP contribution in [-0.4, -0.2) is 55.8 Å². The van der Waals surface area contributed by atoms with Crippen molar-refractivity contribution in [1.29, 1.82) is 0 Å². The first-order chi connectivity index (χ1) is 12.7. The predicted octanol–water partition coefficient (Wildman–Crippen LogP) is 1.77. The summed E-state index contributed by atoms with van der Waals surface area (Å²) in [6, 6.07) is 3.57. The van der Waals surface area contributed by atoms with E-state index in [-0.39, 0.29) is 23.9 Å². The van der Waals surface area contributed by atoms with E-state index in [0.717, 1.165) is 51.2 Å². The monoisotopic (exact) mass is 361 g/mol. The first kappa shape index (κ1) is 18.6. The van der Waals surface area contributed by atoms with Crippen LogP contribution in [0.3, 0.4) is 0 Å². The smallest absolute Gasteiger partial charge is 0.339 e. The second-order valence-corrected chi connectivity index (χ2v) is 6.77. The summed E-state index contributed by atoms with van der Waals surface area (Å²) < 4.78 is 10.5. The van der Waals surface area contributed by atoms with Gasteiger partial charge < -0.3 is 19.7 Å². The molecule has 0 aromatic carbocycles. The normalized spacial score (nSPS) is 20.8. The molecule has 2 saturated heterocycles. The average Bonchev–Trinajstić information content (AvgIpc) is 3.20. The van der Waals surface area contributed by atoms with Gasteiger partial charge in [-0.05, 0) is 44.7 Å². The highest BCUT2D eigenvalue weighted by Crippen LogP contribution is 2.22. The summed E-state index contributed by atoms with van der Waals surface area (Å²) in [4.78, 5) is 30.5. The Morgan fingerprint density at radius 1 is 1.31 bits per heavy atom. The van der Waals surface area contributed by atoms with Gasteiger partial charge in [-0.2, -0.15) is 0 Å². The van der Waals surface area contributed by atoms with Crippen molar-refractivity contribution in [2.75, 3.05) is 37.7 Å². The molecule has 142 valence electrons. The number of carbonyl (C=O) groups is 2. The predicted molar refractivity (Wildman–Crippen MR) is 97.1 cm³/mol. The van der Waals surface area contributed by atoms with Gasteiger partial charge >= 0.3 is 5.97 Å². The molecule has 2 fully saturated rings. The zero-order valence-corrected chi connectivity index (χ0v) is 15.3. The molecule has 7 heteroatoms. The summed E-state index contributed by atoms with van der Waals surface area (Å²) in [5.74, 6) is 0.654. The zero-order valence-electron chi connectivity index (χ0n) is 15.3. The summed E-state index contributed by atoms with van der Waals surface area (Å²) >= 11 is 0. The molecular weight excluding hydrogens is 334 g/mol. The van der Waals surface area contributed by atoms with E-state index in [4.69, 9.17) is 9.47 Å². The molecule has 1 amide bonds. The topological polar surface area (TPSA) is 80.8 Å². The number of nitrogens with one attached hydrogen (secondary N) is 1. The van der Waals surface area contributed by atoms with Crippen LogP contribution in [0.15, 0.2) is 18.3 Å². The molecule has 1 aromatic rings. The Labute approximate surface area is 154 Å². The highest BCUT2D eigenvalue weighted by molar-refractivity contribution is 5.89. The van der Waals surface area contributed by atoms with Gasteiger partial charge in [0.2, 0.25) is 5.91 Å². The lowest BCUT2D eigenvalue weighted by Crippen LogP contribution is -2.42. The van der Waals surface area contributed by atoms with E-state index in [0.29, 0.717) is 18.7 Å². The minimum atomic E-state index is -0.354. The summed E-state index contributed by atoms with van der Waals surface area (Å²) in [6.07, 6.45) is 5.46. The fraction of sp³-hybridized carbons (Fsp3) is 0.632. The Bertz CT molecular complexity index is 606. The third-order valence-corrected chi connectivity index (χ3v) is 4.98. The van der Waals surface area contributed by atoms with Gasteiger partial charge in [0, 0.05) is 38.4 Å². The van der Waals surface area contributed by atoms with E-state index in [1.807, 2.05) is 6.07 Å². The minimum Gasteiger partial charge on any atom is -0.462 e. The van der Waals surface area contributed by atoms with Crippen LogP contribution in [0.1, 0.15) is 43.0 Å². The third-order valence-electron chi connectivity index (χ3n) is 4.98. The maximum atomic E-state index is 12.3. The van der Waals surface area contributed by atoms with Crippen molar-refractivity contribution in [1.82, 2.24) is 10.3 Å². The van der Waals surface area contributed by atoms with E-state index in [1.165, 1.54) is 0 Å². The highest BCUT2D eigenvalue weighted by Gasteiger charge is 2.26. The van der Waals surface area contributed by atoms with Gasteiger partial charge in [0.1, 0.15) is 5.82 Å². The third kappa shape index (κ3) is 4.72. The molecule has 0 aliphatic carbocycles. The van der Waals surface area contributed by atoms with Gasteiger partial charge in [-0.25, -0.2) is 9.78 Å². The fourth-order valence-corrected chi connectivity index (χ4v) is 3.44. The zero-order chi connectivity index (χ0) is 18.4. The quantitative estimate of drug-likeness (QED) is 0.778. The lowest BCUT2D eigenvalue weighted by atomic mass is 9.96. The molecule has 0 bridgehead atoms. The SMILES string of the molecule is CCOC(=O)c1ccc(N2CCC(C(=O)NCC3CCCO3)CC2)nc1. The maximum Gasteiger partial charge on any atom is 0.339 e. The van der Waals surface area contributed by atoms with Gasteiger partial charge in [0.05, 0.1) is 18.3 Å². The second kappa shape index (κ2) is 8.98. The van der Waals surface area contributed by atoms with Gasteiger partial charge in [-0.3, -0.25) is 4.79 Å². The number of pyridine rings is 1. The largest absolute Gasteiger partial charge is 0.462 e. The van der Waals surface area contributed by atoms with Crippen LogP contribution in [0.25, 0.3) is 0 Å².